The fraction of sp³-hybridized carbons (Fsp3) is 0.421. The Morgan fingerprint density at radius 1 is 1.17 bits per heavy atom. The van der Waals surface area contributed by atoms with Crippen LogP contribution in [0.3, 0.4) is 0 Å². The van der Waals surface area contributed by atoms with Gasteiger partial charge in [0.05, 0.1) is 12.4 Å². The third-order valence-corrected chi connectivity index (χ3v) is 6.42. The van der Waals surface area contributed by atoms with Crippen LogP contribution >= 0.6 is 23.4 Å². The second kappa shape index (κ2) is 7.38. The monoisotopic (exact) mass is 454 g/mol. The van der Waals surface area contributed by atoms with Crippen LogP contribution in [0.15, 0.2) is 35.7 Å². The molecular weight excluding hydrogens is 438 g/mol. The van der Waals surface area contributed by atoms with Crippen LogP contribution < -0.4 is 0 Å². The molecule has 11 heteroatoms. The summed E-state index contributed by atoms with van der Waals surface area (Å²) in [6.07, 6.45) is 1.18. The first-order chi connectivity index (χ1) is 14.3. The first kappa shape index (κ1) is 20.1. The number of nitrogens with zero attached hydrogens (tertiary/aromatic N) is 4. The zero-order valence-corrected chi connectivity index (χ0v) is 17.5. The van der Waals surface area contributed by atoms with Gasteiger partial charge in [0.25, 0.3) is 0 Å². The van der Waals surface area contributed by atoms with E-state index in [0.29, 0.717) is 21.8 Å². The summed E-state index contributed by atoms with van der Waals surface area (Å²) in [6.45, 7) is 3.66. The number of thioether (sulfide) groups is 1. The quantitative estimate of drug-likeness (QED) is 0.436. The molecular formula is C19H17ClF2N4O3S. The van der Waals surface area contributed by atoms with Crippen molar-refractivity contribution in [1.29, 1.82) is 0 Å². The molecule has 2 aromatic heterocycles. The zero-order chi connectivity index (χ0) is 21.0. The Morgan fingerprint density at radius 2 is 1.97 bits per heavy atom. The van der Waals surface area contributed by atoms with Crippen LogP contribution in [-0.4, -0.2) is 49.4 Å². The number of fused-ring (bicyclic) bond motifs is 2. The minimum Gasteiger partial charge on any atom is -0.348 e. The zero-order valence-electron chi connectivity index (χ0n) is 16.0. The van der Waals surface area contributed by atoms with Gasteiger partial charge >= 0.3 is 0 Å². The maximum atomic E-state index is 14.0. The lowest BCUT2D eigenvalue weighted by molar-refractivity contribution is -0.193. The van der Waals surface area contributed by atoms with Gasteiger partial charge in [0, 0.05) is 16.7 Å². The fourth-order valence-corrected chi connectivity index (χ4v) is 4.94. The van der Waals surface area contributed by atoms with Gasteiger partial charge < -0.3 is 14.2 Å². The van der Waals surface area contributed by atoms with Crippen molar-refractivity contribution in [1.82, 2.24) is 19.5 Å². The highest BCUT2D eigenvalue weighted by Gasteiger charge is 2.56. The lowest BCUT2D eigenvalue weighted by atomic mass is 10.1. The summed E-state index contributed by atoms with van der Waals surface area (Å²) < 4.78 is 47.4. The molecule has 0 bridgehead atoms. The molecule has 2 aliphatic heterocycles. The number of benzene rings is 1. The Hall–Kier alpha value is -1.85. The van der Waals surface area contributed by atoms with Crippen molar-refractivity contribution in [3.05, 3.63) is 47.6 Å². The summed E-state index contributed by atoms with van der Waals surface area (Å²) in [4.78, 5) is 12.8. The van der Waals surface area contributed by atoms with Crippen LogP contribution in [0.4, 0.5) is 8.78 Å². The van der Waals surface area contributed by atoms with Crippen molar-refractivity contribution in [3.63, 3.8) is 0 Å². The van der Waals surface area contributed by atoms with Crippen LogP contribution in [0.5, 0.6) is 0 Å². The molecule has 158 valence electrons. The van der Waals surface area contributed by atoms with Crippen LogP contribution in [-0.2, 0) is 14.2 Å². The van der Waals surface area contributed by atoms with E-state index in [0.717, 1.165) is 6.07 Å². The first-order valence-electron chi connectivity index (χ1n) is 9.24. The van der Waals surface area contributed by atoms with Crippen LogP contribution in [0.2, 0.25) is 5.15 Å². The lowest BCUT2D eigenvalue weighted by Crippen LogP contribution is -2.31. The van der Waals surface area contributed by atoms with Gasteiger partial charge in [0.2, 0.25) is 0 Å². The van der Waals surface area contributed by atoms with Crippen molar-refractivity contribution >= 4 is 34.5 Å². The molecule has 0 unspecified atom stereocenters. The van der Waals surface area contributed by atoms with Gasteiger partial charge in [-0.25, -0.2) is 23.7 Å². The van der Waals surface area contributed by atoms with Crippen molar-refractivity contribution in [2.75, 3.05) is 5.75 Å². The van der Waals surface area contributed by atoms with Gasteiger partial charge in [-0.15, -0.1) is 11.8 Å². The molecule has 4 heterocycles. The van der Waals surface area contributed by atoms with Crippen molar-refractivity contribution in [2.45, 2.75) is 49.1 Å². The van der Waals surface area contributed by atoms with Gasteiger partial charge in [-0.05, 0) is 26.0 Å². The standard InChI is InChI=1S/C19H17ClF2N4O3S/c1-19(2)28-14-11(6-30-12-4-3-9(21)5-10(12)22)27-18(15(14)29-19)26-8-25-13-16(20)23-7-24-17(13)26/h3-5,7-8,11,14-15,18H,6H2,1-2H3/t11-,14+,15-,18-/m1/s1. The largest absolute Gasteiger partial charge is 0.348 e. The van der Waals surface area contributed by atoms with E-state index in [2.05, 4.69) is 15.0 Å². The topological polar surface area (TPSA) is 71.3 Å². The summed E-state index contributed by atoms with van der Waals surface area (Å²) in [5, 5.41) is 0.246. The summed E-state index contributed by atoms with van der Waals surface area (Å²) in [6, 6.07) is 3.51. The van der Waals surface area contributed by atoms with Gasteiger partial charge in [-0.2, -0.15) is 0 Å². The number of rotatable bonds is 4. The molecule has 30 heavy (non-hydrogen) atoms. The van der Waals surface area contributed by atoms with Gasteiger partial charge in [0.15, 0.2) is 22.8 Å². The fourth-order valence-electron chi connectivity index (χ4n) is 3.79. The van der Waals surface area contributed by atoms with Crippen LogP contribution in [0.25, 0.3) is 11.2 Å². The Labute approximate surface area is 179 Å². The number of ether oxygens (including phenoxy) is 3. The lowest BCUT2D eigenvalue weighted by Gasteiger charge is -2.24. The molecule has 7 nitrogen and oxygen atoms in total. The average Bonchev–Trinajstić information content (AvgIpc) is 3.33. The minimum atomic E-state index is -0.801. The molecule has 0 amide bonds. The molecule has 2 aliphatic rings. The molecule has 0 spiro atoms. The van der Waals surface area contributed by atoms with E-state index in [-0.39, 0.29) is 11.3 Å². The normalized spacial score (nSPS) is 27.6. The third kappa shape index (κ3) is 3.46. The molecule has 0 N–H and O–H groups in total. The predicted molar refractivity (Wildman–Crippen MR) is 105 cm³/mol. The molecule has 0 aliphatic carbocycles. The molecule has 3 aromatic rings. The Balaban J connectivity index is 1.43. The van der Waals surface area contributed by atoms with Gasteiger partial charge in [-0.3, -0.25) is 4.57 Å². The first-order valence-corrected chi connectivity index (χ1v) is 10.6. The van der Waals surface area contributed by atoms with Crippen molar-refractivity contribution < 1.29 is 23.0 Å². The van der Waals surface area contributed by atoms with E-state index in [1.807, 2.05) is 13.8 Å². The number of halogens is 3. The number of hydrogen-bond acceptors (Lipinski definition) is 7. The van der Waals surface area contributed by atoms with E-state index in [9.17, 15) is 8.78 Å². The minimum absolute atomic E-state index is 0.246. The number of imidazole rings is 1. The highest BCUT2D eigenvalue weighted by atomic mass is 35.5. The second-order valence-electron chi connectivity index (χ2n) is 7.50. The summed E-state index contributed by atoms with van der Waals surface area (Å²) in [5.74, 6) is -1.63. The molecule has 0 saturated carbocycles. The Morgan fingerprint density at radius 3 is 2.77 bits per heavy atom. The second-order valence-corrected chi connectivity index (χ2v) is 8.92. The Bertz CT molecular complexity index is 1110. The van der Waals surface area contributed by atoms with E-state index < -0.39 is 35.9 Å². The maximum absolute atomic E-state index is 14.0. The molecule has 0 radical (unpaired) electrons. The average molecular weight is 455 g/mol. The third-order valence-electron chi connectivity index (χ3n) is 5.01. The Kier molecular flexibility index (Phi) is 4.94. The SMILES string of the molecule is CC1(C)O[C@@H]2[C@@H](O1)[C@@H](CSc1ccc(F)cc1F)O[C@H]2n1cnc2c(Cl)ncnc21. The predicted octanol–water partition coefficient (Wildman–Crippen LogP) is 3.97. The van der Waals surface area contributed by atoms with Gasteiger partial charge in [0.1, 0.15) is 35.7 Å². The van der Waals surface area contributed by atoms with Gasteiger partial charge in [-0.1, -0.05) is 11.6 Å². The smallest absolute Gasteiger partial charge is 0.167 e. The molecule has 2 saturated heterocycles. The molecule has 4 atom stereocenters. The highest BCUT2D eigenvalue weighted by molar-refractivity contribution is 7.99. The summed E-state index contributed by atoms with van der Waals surface area (Å²) >= 11 is 7.35. The highest BCUT2D eigenvalue weighted by Crippen LogP contribution is 2.45. The maximum Gasteiger partial charge on any atom is 0.167 e. The van der Waals surface area contributed by atoms with Crippen molar-refractivity contribution in [3.8, 4) is 0 Å². The molecule has 2 fully saturated rings. The van der Waals surface area contributed by atoms with E-state index in [1.165, 1.54) is 30.2 Å². The molecule has 1 aromatic carbocycles. The summed E-state index contributed by atoms with van der Waals surface area (Å²) in [5.41, 5.74) is 0.980. The molecule has 5 rings (SSSR count). The van der Waals surface area contributed by atoms with Crippen LogP contribution in [0.1, 0.15) is 20.1 Å². The van der Waals surface area contributed by atoms with E-state index in [1.54, 1.807) is 10.9 Å². The number of hydrogen-bond donors (Lipinski definition) is 0. The van der Waals surface area contributed by atoms with E-state index >= 15 is 0 Å². The summed E-state index contributed by atoms with van der Waals surface area (Å²) in [7, 11) is 0. The number of aromatic nitrogens is 4. The van der Waals surface area contributed by atoms with Crippen molar-refractivity contribution in [2.24, 2.45) is 0 Å². The van der Waals surface area contributed by atoms with E-state index in [4.69, 9.17) is 25.8 Å². The van der Waals surface area contributed by atoms with Crippen LogP contribution in [0, 0.1) is 11.6 Å².